The van der Waals surface area contributed by atoms with Crippen LogP contribution in [0.3, 0.4) is 0 Å². The number of rotatable bonds is 4. The molecule has 2 rings (SSSR count). The Morgan fingerprint density at radius 2 is 2.22 bits per heavy atom. The molecule has 96 valence electrons. The maximum absolute atomic E-state index is 12.3. The van der Waals surface area contributed by atoms with Crippen molar-refractivity contribution in [2.75, 3.05) is 12.4 Å². The molecule has 0 amide bonds. The van der Waals surface area contributed by atoms with Gasteiger partial charge in [-0.05, 0) is 18.9 Å². The van der Waals surface area contributed by atoms with E-state index in [-0.39, 0.29) is 17.3 Å². The van der Waals surface area contributed by atoms with Crippen molar-refractivity contribution >= 4 is 10.8 Å². The second-order valence-electron chi connectivity index (χ2n) is 4.54. The van der Waals surface area contributed by atoms with Gasteiger partial charge in [-0.3, -0.25) is 4.21 Å². The summed E-state index contributed by atoms with van der Waals surface area (Å²) in [6.07, 6.45) is 0.877. The minimum Gasteiger partial charge on any atom is -0.377 e. The molecule has 0 aliphatic carbocycles. The molecule has 1 saturated heterocycles. The molecular weight excluding hydrogens is 246 g/mol. The molecule has 1 aromatic rings. The average Bonchev–Trinajstić information content (AvgIpc) is 2.83. The number of ether oxygens (including phenoxy) is 1. The van der Waals surface area contributed by atoms with E-state index in [4.69, 9.17) is 4.74 Å². The molecule has 0 aromatic heterocycles. The highest BCUT2D eigenvalue weighted by Crippen LogP contribution is 2.23. The number of nitriles is 1. The summed E-state index contributed by atoms with van der Waals surface area (Å²) in [4.78, 5) is 0. The summed E-state index contributed by atoms with van der Waals surface area (Å²) in [5.41, 5.74) is 0.944. The average molecular weight is 263 g/mol. The maximum atomic E-state index is 12.3. The highest BCUT2D eigenvalue weighted by atomic mass is 32.2. The third-order valence-corrected chi connectivity index (χ3v) is 5.29. The van der Waals surface area contributed by atoms with Crippen LogP contribution in [0.4, 0.5) is 0 Å². The molecule has 4 atom stereocenters. The number of benzene rings is 1. The highest BCUT2D eigenvalue weighted by Gasteiger charge is 2.31. The van der Waals surface area contributed by atoms with Crippen molar-refractivity contribution in [2.45, 2.75) is 30.6 Å². The molecule has 0 radical (unpaired) electrons. The second kappa shape index (κ2) is 6.12. The summed E-state index contributed by atoms with van der Waals surface area (Å²) in [7, 11) is -1.00. The lowest BCUT2D eigenvalue weighted by Gasteiger charge is -2.16. The van der Waals surface area contributed by atoms with Gasteiger partial charge in [-0.25, -0.2) is 0 Å². The Kier molecular flexibility index (Phi) is 4.51. The van der Waals surface area contributed by atoms with Crippen LogP contribution in [0.1, 0.15) is 24.8 Å². The molecule has 18 heavy (non-hydrogen) atoms. The topological polar surface area (TPSA) is 50.1 Å². The maximum Gasteiger partial charge on any atom is 0.0827 e. The Labute approximate surface area is 110 Å². The summed E-state index contributed by atoms with van der Waals surface area (Å²) in [6, 6.07) is 11.8. The molecule has 4 unspecified atom stereocenters. The van der Waals surface area contributed by atoms with Crippen molar-refractivity contribution in [2.24, 2.45) is 0 Å². The van der Waals surface area contributed by atoms with Crippen LogP contribution in [0.2, 0.25) is 0 Å². The molecule has 0 saturated carbocycles. The first kappa shape index (κ1) is 13.3. The van der Waals surface area contributed by atoms with Gasteiger partial charge in [-0.2, -0.15) is 5.26 Å². The van der Waals surface area contributed by atoms with Crippen molar-refractivity contribution in [1.82, 2.24) is 0 Å². The molecule has 1 heterocycles. The normalized spacial score (nSPS) is 26.4. The van der Waals surface area contributed by atoms with Gasteiger partial charge < -0.3 is 4.74 Å². The van der Waals surface area contributed by atoms with E-state index in [0.29, 0.717) is 12.4 Å². The molecule has 0 spiro atoms. The molecule has 1 aliphatic heterocycles. The van der Waals surface area contributed by atoms with Gasteiger partial charge in [0.1, 0.15) is 0 Å². The molecule has 0 bridgehead atoms. The fourth-order valence-corrected chi connectivity index (χ4v) is 3.95. The van der Waals surface area contributed by atoms with E-state index in [1.54, 1.807) is 0 Å². The van der Waals surface area contributed by atoms with Gasteiger partial charge in [0.05, 0.1) is 23.3 Å². The van der Waals surface area contributed by atoms with Crippen LogP contribution in [0.25, 0.3) is 0 Å². The predicted molar refractivity (Wildman–Crippen MR) is 71.6 cm³/mol. The Hall–Kier alpha value is -1.18. The summed E-state index contributed by atoms with van der Waals surface area (Å²) in [5.74, 6) is 0.110. The van der Waals surface area contributed by atoms with Crippen LogP contribution in [-0.4, -0.2) is 27.9 Å². The van der Waals surface area contributed by atoms with E-state index in [1.807, 2.05) is 37.3 Å². The van der Waals surface area contributed by atoms with Gasteiger partial charge in [-0.15, -0.1) is 0 Å². The van der Waals surface area contributed by atoms with Crippen LogP contribution >= 0.6 is 0 Å². The van der Waals surface area contributed by atoms with Gasteiger partial charge in [0, 0.05) is 23.2 Å². The van der Waals surface area contributed by atoms with Gasteiger partial charge in [0.25, 0.3) is 0 Å². The Bertz CT molecular complexity index is 455. The largest absolute Gasteiger partial charge is 0.377 e. The fraction of sp³-hybridized carbons (Fsp3) is 0.500. The minimum atomic E-state index is -1.00. The van der Waals surface area contributed by atoms with E-state index < -0.39 is 10.8 Å². The first-order valence-corrected chi connectivity index (χ1v) is 7.54. The van der Waals surface area contributed by atoms with Gasteiger partial charge >= 0.3 is 0 Å². The summed E-state index contributed by atoms with van der Waals surface area (Å²) in [6.45, 7) is 2.64. The zero-order valence-corrected chi connectivity index (χ0v) is 11.2. The SMILES string of the molecule is CC1OCCC1S(=O)CC(C#N)c1ccccc1. The first-order chi connectivity index (χ1) is 8.72. The van der Waals surface area contributed by atoms with Crippen LogP contribution in [0.5, 0.6) is 0 Å². The zero-order valence-electron chi connectivity index (χ0n) is 10.4. The van der Waals surface area contributed by atoms with Crippen molar-refractivity contribution in [1.29, 1.82) is 5.26 Å². The lowest BCUT2D eigenvalue weighted by molar-refractivity contribution is 0.127. The molecule has 4 heteroatoms. The summed E-state index contributed by atoms with van der Waals surface area (Å²) in [5, 5.41) is 9.30. The van der Waals surface area contributed by atoms with Crippen LogP contribution < -0.4 is 0 Å². The fourth-order valence-electron chi connectivity index (χ4n) is 2.24. The van der Waals surface area contributed by atoms with E-state index in [9.17, 15) is 9.47 Å². The smallest absolute Gasteiger partial charge is 0.0827 e. The number of hydrogen-bond acceptors (Lipinski definition) is 3. The Morgan fingerprint density at radius 3 is 2.78 bits per heavy atom. The van der Waals surface area contributed by atoms with Crippen molar-refractivity contribution < 1.29 is 8.95 Å². The van der Waals surface area contributed by atoms with Crippen LogP contribution in [0, 0.1) is 11.3 Å². The lowest BCUT2D eigenvalue weighted by Crippen LogP contribution is -2.26. The highest BCUT2D eigenvalue weighted by molar-refractivity contribution is 7.85. The van der Waals surface area contributed by atoms with Gasteiger partial charge in [-0.1, -0.05) is 30.3 Å². The first-order valence-electron chi connectivity index (χ1n) is 6.15. The third-order valence-electron chi connectivity index (χ3n) is 3.33. The van der Waals surface area contributed by atoms with Crippen LogP contribution in [0.15, 0.2) is 30.3 Å². The second-order valence-corrected chi connectivity index (χ2v) is 6.24. The molecule has 1 aliphatic rings. The molecule has 3 nitrogen and oxygen atoms in total. The zero-order chi connectivity index (χ0) is 13.0. The van der Waals surface area contributed by atoms with E-state index in [1.165, 1.54) is 0 Å². The van der Waals surface area contributed by atoms with E-state index in [2.05, 4.69) is 6.07 Å². The Balaban J connectivity index is 2.03. The van der Waals surface area contributed by atoms with Gasteiger partial charge in [0.2, 0.25) is 0 Å². The molecule has 0 N–H and O–H groups in total. The number of hydrogen-bond donors (Lipinski definition) is 0. The third kappa shape index (κ3) is 2.98. The molecular formula is C14H17NO2S. The quantitative estimate of drug-likeness (QED) is 0.837. The van der Waals surface area contributed by atoms with E-state index in [0.717, 1.165) is 12.0 Å². The summed E-state index contributed by atoms with van der Waals surface area (Å²) < 4.78 is 17.7. The van der Waals surface area contributed by atoms with Crippen LogP contribution in [-0.2, 0) is 15.5 Å². The molecule has 1 fully saturated rings. The summed E-state index contributed by atoms with van der Waals surface area (Å²) >= 11 is 0. The lowest BCUT2D eigenvalue weighted by atomic mass is 10.0. The standard InChI is InChI=1S/C14H17NO2S/c1-11-14(7-8-17-11)18(16)10-13(9-15)12-5-3-2-4-6-12/h2-6,11,13-14H,7-8,10H2,1H3. The Morgan fingerprint density at radius 1 is 1.50 bits per heavy atom. The monoisotopic (exact) mass is 263 g/mol. The van der Waals surface area contributed by atoms with E-state index >= 15 is 0 Å². The van der Waals surface area contributed by atoms with Crippen molar-refractivity contribution in [3.8, 4) is 6.07 Å². The minimum absolute atomic E-state index is 0.0425. The van der Waals surface area contributed by atoms with Crippen molar-refractivity contribution in [3.63, 3.8) is 0 Å². The number of nitrogens with zero attached hydrogens (tertiary/aromatic N) is 1. The van der Waals surface area contributed by atoms with Gasteiger partial charge in [0.15, 0.2) is 0 Å². The predicted octanol–water partition coefficient (Wildman–Crippen LogP) is 2.22. The van der Waals surface area contributed by atoms with Crippen molar-refractivity contribution in [3.05, 3.63) is 35.9 Å². The molecule has 1 aromatic carbocycles.